The third-order valence-corrected chi connectivity index (χ3v) is 4.54. The summed E-state index contributed by atoms with van der Waals surface area (Å²) in [6, 6.07) is 5.92. The summed E-state index contributed by atoms with van der Waals surface area (Å²) in [5.41, 5.74) is 12.5. The Labute approximate surface area is 160 Å². The lowest BCUT2D eigenvalue weighted by Gasteiger charge is -2.06. The molecule has 0 aliphatic rings. The number of allylic oxidation sites excluding steroid dienone is 5. The number of fused-ring (bicyclic) bond motifs is 1. The van der Waals surface area contributed by atoms with E-state index in [9.17, 15) is 0 Å². The number of rotatable bonds is 6. The Kier molecular flexibility index (Phi) is 5.62. The van der Waals surface area contributed by atoms with Crippen LogP contribution in [0.1, 0.15) is 37.4 Å². The minimum Gasteiger partial charge on any atom is -0.326 e. The van der Waals surface area contributed by atoms with Crippen LogP contribution in [0.3, 0.4) is 0 Å². The number of imidazole rings is 1. The molecule has 0 atom stereocenters. The maximum Gasteiger partial charge on any atom is 0.138 e. The Morgan fingerprint density at radius 3 is 2.74 bits per heavy atom. The van der Waals surface area contributed by atoms with E-state index in [2.05, 4.69) is 42.5 Å². The molecule has 0 amide bonds. The summed E-state index contributed by atoms with van der Waals surface area (Å²) in [5.74, 6) is 0.720. The van der Waals surface area contributed by atoms with Gasteiger partial charge in [0.15, 0.2) is 0 Å². The molecule has 0 fully saturated rings. The van der Waals surface area contributed by atoms with Gasteiger partial charge in [0, 0.05) is 24.5 Å². The van der Waals surface area contributed by atoms with E-state index >= 15 is 0 Å². The smallest absolute Gasteiger partial charge is 0.138 e. The average molecular weight is 359 g/mol. The van der Waals surface area contributed by atoms with Crippen LogP contribution >= 0.6 is 0 Å². The van der Waals surface area contributed by atoms with Crippen molar-refractivity contribution in [2.75, 3.05) is 0 Å². The molecular formula is C22H25N5. The Bertz CT molecular complexity index is 1040. The van der Waals surface area contributed by atoms with Crippen molar-refractivity contribution < 1.29 is 0 Å². The van der Waals surface area contributed by atoms with E-state index in [4.69, 9.17) is 10.7 Å². The quantitative estimate of drug-likeness (QED) is 0.659. The van der Waals surface area contributed by atoms with Gasteiger partial charge < -0.3 is 5.73 Å². The van der Waals surface area contributed by atoms with Crippen molar-refractivity contribution in [1.29, 1.82) is 0 Å². The van der Waals surface area contributed by atoms with Crippen LogP contribution in [0.2, 0.25) is 0 Å². The molecule has 2 N–H and O–H groups in total. The molecule has 0 spiro atoms. The van der Waals surface area contributed by atoms with E-state index in [1.165, 1.54) is 5.57 Å². The number of nitrogens with two attached hydrogens (primary N) is 1. The molecule has 0 unspecified atom stereocenters. The summed E-state index contributed by atoms with van der Waals surface area (Å²) in [4.78, 5) is 13.7. The number of hydrogen-bond donors (Lipinski definition) is 1. The largest absolute Gasteiger partial charge is 0.326 e. The lowest BCUT2D eigenvalue weighted by Crippen LogP contribution is -1.99. The first-order chi connectivity index (χ1) is 13.1. The second-order valence-corrected chi connectivity index (χ2v) is 6.46. The van der Waals surface area contributed by atoms with E-state index in [1.54, 1.807) is 6.20 Å². The number of nitrogens with zero attached hydrogens (tertiary/aromatic N) is 4. The zero-order chi connectivity index (χ0) is 19.4. The maximum atomic E-state index is 5.81. The Morgan fingerprint density at radius 2 is 2.07 bits per heavy atom. The predicted octanol–water partition coefficient (Wildman–Crippen LogP) is 4.48. The van der Waals surface area contributed by atoms with E-state index in [-0.39, 0.29) is 0 Å². The standard InChI is InChI=1S/C22H25N5/c1-5-15(3)7-8-18(6-2)21-22(19-9-11-24-16(4)25-19)27-12-10-17(14-23)13-20(27)26-21/h6-13H,2,5,14,23H2,1,3-4H3/b15-7-,18-8+. The highest BCUT2D eigenvalue weighted by Gasteiger charge is 2.17. The molecule has 138 valence electrons. The van der Waals surface area contributed by atoms with Crippen LogP contribution < -0.4 is 5.73 Å². The molecule has 3 rings (SSSR count). The fourth-order valence-corrected chi connectivity index (χ4v) is 2.84. The molecule has 0 radical (unpaired) electrons. The summed E-state index contributed by atoms with van der Waals surface area (Å²) in [6.45, 7) is 10.6. The van der Waals surface area contributed by atoms with Crippen molar-refractivity contribution in [3.8, 4) is 11.4 Å². The van der Waals surface area contributed by atoms with Gasteiger partial charge in [-0.3, -0.25) is 4.40 Å². The summed E-state index contributed by atoms with van der Waals surface area (Å²) in [6.07, 6.45) is 10.8. The van der Waals surface area contributed by atoms with Crippen LogP contribution in [0, 0.1) is 6.92 Å². The number of pyridine rings is 1. The molecule has 27 heavy (non-hydrogen) atoms. The van der Waals surface area contributed by atoms with Crippen molar-refractivity contribution >= 4 is 11.2 Å². The molecule has 0 saturated heterocycles. The van der Waals surface area contributed by atoms with Gasteiger partial charge in [0.2, 0.25) is 0 Å². The van der Waals surface area contributed by atoms with Gasteiger partial charge in [-0.1, -0.05) is 37.3 Å². The van der Waals surface area contributed by atoms with Gasteiger partial charge in [-0.2, -0.15) is 0 Å². The van der Waals surface area contributed by atoms with Gasteiger partial charge in [-0.25, -0.2) is 15.0 Å². The molecule has 3 aromatic rings. The number of hydrogen-bond acceptors (Lipinski definition) is 4. The van der Waals surface area contributed by atoms with Crippen LogP contribution in [0.15, 0.2) is 61.0 Å². The third-order valence-electron chi connectivity index (χ3n) is 4.54. The summed E-state index contributed by atoms with van der Waals surface area (Å²) in [5, 5.41) is 0. The topological polar surface area (TPSA) is 69.1 Å². The van der Waals surface area contributed by atoms with E-state index < -0.39 is 0 Å². The number of aromatic nitrogens is 4. The molecule has 0 aliphatic heterocycles. The zero-order valence-electron chi connectivity index (χ0n) is 16.1. The van der Waals surface area contributed by atoms with Crippen molar-refractivity contribution in [2.24, 2.45) is 5.73 Å². The predicted molar refractivity (Wildman–Crippen MR) is 111 cm³/mol. The van der Waals surface area contributed by atoms with E-state index in [0.29, 0.717) is 6.54 Å². The highest BCUT2D eigenvalue weighted by atomic mass is 15.0. The Hall–Kier alpha value is -3.05. The first kappa shape index (κ1) is 18.7. The SMILES string of the molecule is C=C/C(=C\C=C(\C)CC)c1nc2cc(CN)ccn2c1-c1ccnc(C)n1. The Morgan fingerprint density at radius 1 is 1.26 bits per heavy atom. The second kappa shape index (κ2) is 8.10. The molecule has 5 heteroatoms. The molecule has 0 saturated carbocycles. The minimum atomic E-state index is 0.475. The first-order valence-corrected chi connectivity index (χ1v) is 9.08. The molecule has 3 aromatic heterocycles. The Balaban J connectivity index is 2.30. The zero-order valence-corrected chi connectivity index (χ0v) is 16.1. The van der Waals surface area contributed by atoms with Crippen molar-refractivity contribution in [2.45, 2.75) is 33.7 Å². The molecular weight excluding hydrogens is 334 g/mol. The lowest BCUT2D eigenvalue weighted by atomic mass is 10.1. The molecule has 0 aromatic carbocycles. The first-order valence-electron chi connectivity index (χ1n) is 9.08. The minimum absolute atomic E-state index is 0.475. The summed E-state index contributed by atoms with van der Waals surface area (Å²) >= 11 is 0. The third kappa shape index (κ3) is 3.88. The van der Waals surface area contributed by atoms with Crippen molar-refractivity contribution in [1.82, 2.24) is 19.4 Å². The summed E-state index contributed by atoms with van der Waals surface area (Å²) < 4.78 is 2.05. The van der Waals surface area contributed by atoms with E-state index in [0.717, 1.165) is 46.1 Å². The highest BCUT2D eigenvalue weighted by Crippen LogP contribution is 2.30. The van der Waals surface area contributed by atoms with Crippen LogP contribution in [0.4, 0.5) is 0 Å². The second-order valence-electron chi connectivity index (χ2n) is 6.46. The van der Waals surface area contributed by atoms with Gasteiger partial charge in [-0.05, 0) is 44.0 Å². The normalized spacial score (nSPS) is 12.6. The average Bonchev–Trinajstić information content (AvgIpc) is 3.06. The fourth-order valence-electron chi connectivity index (χ4n) is 2.84. The van der Waals surface area contributed by atoms with Gasteiger partial charge in [0.25, 0.3) is 0 Å². The van der Waals surface area contributed by atoms with Gasteiger partial charge >= 0.3 is 0 Å². The van der Waals surface area contributed by atoms with Crippen LogP contribution in [-0.4, -0.2) is 19.4 Å². The molecule has 3 heterocycles. The van der Waals surface area contributed by atoms with Gasteiger partial charge in [0.05, 0.1) is 17.1 Å². The molecule has 5 nitrogen and oxygen atoms in total. The molecule has 0 bridgehead atoms. The monoisotopic (exact) mass is 359 g/mol. The lowest BCUT2D eigenvalue weighted by molar-refractivity contribution is 1.03. The van der Waals surface area contributed by atoms with Crippen LogP contribution in [0.25, 0.3) is 22.6 Å². The van der Waals surface area contributed by atoms with Crippen LogP contribution in [0.5, 0.6) is 0 Å². The van der Waals surface area contributed by atoms with E-state index in [1.807, 2.05) is 41.8 Å². The number of aryl methyl sites for hydroxylation is 1. The van der Waals surface area contributed by atoms with Crippen LogP contribution in [-0.2, 0) is 6.54 Å². The van der Waals surface area contributed by atoms with Gasteiger partial charge in [0.1, 0.15) is 11.5 Å². The maximum absolute atomic E-state index is 5.81. The van der Waals surface area contributed by atoms with Crippen molar-refractivity contribution in [3.05, 3.63) is 78.1 Å². The van der Waals surface area contributed by atoms with Gasteiger partial charge in [-0.15, -0.1) is 0 Å². The molecule has 0 aliphatic carbocycles. The highest BCUT2D eigenvalue weighted by molar-refractivity contribution is 5.83. The summed E-state index contributed by atoms with van der Waals surface area (Å²) in [7, 11) is 0. The fraction of sp³-hybridized carbons (Fsp3) is 0.227. The van der Waals surface area contributed by atoms with Crippen molar-refractivity contribution in [3.63, 3.8) is 0 Å².